The number of hydrogen-bond acceptors (Lipinski definition) is 3. The third-order valence-electron chi connectivity index (χ3n) is 3.83. The average molecular weight is 285 g/mol. The molecule has 0 aliphatic heterocycles. The summed E-state index contributed by atoms with van der Waals surface area (Å²) in [6.45, 7) is 7.62. The quantitative estimate of drug-likeness (QED) is 0.927. The molecule has 2 aromatic rings. The second-order valence-electron chi connectivity index (χ2n) is 6.28. The second-order valence-corrected chi connectivity index (χ2v) is 6.28. The summed E-state index contributed by atoms with van der Waals surface area (Å²) in [6, 6.07) is 11.9. The van der Waals surface area contributed by atoms with Gasteiger partial charge < -0.3 is 9.84 Å². The number of aliphatic hydroxyl groups is 1. The van der Waals surface area contributed by atoms with Crippen molar-refractivity contribution >= 4 is 0 Å². The highest BCUT2D eigenvalue weighted by Crippen LogP contribution is 2.29. The highest BCUT2D eigenvalue weighted by atomic mass is 16.5. The molecular weight excluding hydrogens is 262 g/mol. The summed E-state index contributed by atoms with van der Waals surface area (Å²) < 4.78 is 5.53. The number of methoxy groups -OCH3 is 1. The van der Waals surface area contributed by atoms with Crippen LogP contribution in [0.5, 0.6) is 0 Å². The SMILES string of the molecule is COC(C)(C)c1cccc(-c2cc(C(C)(C)O)ccn2)c1. The van der Waals surface area contributed by atoms with Gasteiger partial charge in [-0.05, 0) is 57.0 Å². The molecule has 1 N–H and O–H groups in total. The predicted octanol–water partition coefficient (Wildman–Crippen LogP) is 3.86. The van der Waals surface area contributed by atoms with Gasteiger partial charge in [-0.2, -0.15) is 0 Å². The maximum absolute atomic E-state index is 10.1. The van der Waals surface area contributed by atoms with E-state index in [0.717, 1.165) is 22.4 Å². The molecule has 0 fully saturated rings. The zero-order valence-electron chi connectivity index (χ0n) is 13.3. The third-order valence-corrected chi connectivity index (χ3v) is 3.83. The third kappa shape index (κ3) is 3.49. The van der Waals surface area contributed by atoms with Gasteiger partial charge in [-0.1, -0.05) is 18.2 Å². The molecule has 21 heavy (non-hydrogen) atoms. The number of pyridine rings is 1. The van der Waals surface area contributed by atoms with Crippen molar-refractivity contribution in [2.24, 2.45) is 0 Å². The second kappa shape index (κ2) is 5.58. The molecule has 0 spiro atoms. The number of benzene rings is 1. The first kappa shape index (κ1) is 15.7. The first-order chi connectivity index (χ1) is 9.74. The average Bonchev–Trinajstić information content (AvgIpc) is 2.47. The lowest BCUT2D eigenvalue weighted by atomic mass is 9.93. The fraction of sp³-hybridized carbons (Fsp3) is 0.389. The van der Waals surface area contributed by atoms with Crippen molar-refractivity contribution in [1.29, 1.82) is 0 Å². The Morgan fingerprint density at radius 3 is 2.33 bits per heavy atom. The number of hydrogen-bond donors (Lipinski definition) is 1. The van der Waals surface area contributed by atoms with Gasteiger partial charge in [0.1, 0.15) is 0 Å². The van der Waals surface area contributed by atoms with Crippen molar-refractivity contribution in [1.82, 2.24) is 4.98 Å². The lowest BCUT2D eigenvalue weighted by Crippen LogP contribution is -2.19. The Morgan fingerprint density at radius 1 is 1.00 bits per heavy atom. The molecule has 1 aromatic carbocycles. The van der Waals surface area contributed by atoms with Crippen molar-refractivity contribution in [2.45, 2.75) is 38.9 Å². The molecule has 3 heteroatoms. The van der Waals surface area contributed by atoms with Crippen molar-refractivity contribution in [3.8, 4) is 11.3 Å². The Kier molecular flexibility index (Phi) is 4.17. The largest absolute Gasteiger partial charge is 0.386 e. The molecule has 0 saturated carbocycles. The van der Waals surface area contributed by atoms with Gasteiger partial charge in [-0.25, -0.2) is 0 Å². The molecule has 0 aliphatic carbocycles. The van der Waals surface area contributed by atoms with Crippen LogP contribution in [0.1, 0.15) is 38.8 Å². The minimum atomic E-state index is -0.874. The van der Waals surface area contributed by atoms with E-state index in [1.807, 2.05) is 44.2 Å². The van der Waals surface area contributed by atoms with E-state index in [0.29, 0.717) is 0 Å². The molecular formula is C18H23NO2. The molecule has 1 heterocycles. The van der Waals surface area contributed by atoms with Crippen molar-refractivity contribution in [3.05, 3.63) is 53.7 Å². The van der Waals surface area contributed by atoms with E-state index < -0.39 is 5.60 Å². The van der Waals surface area contributed by atoms with E-state index in [-0.39, 0.29) is 5.60 Å². The Morgan fingerprint density at radius 2 is 1.71 bits per heavy atom. The van der Waals surface area contributed by atoms with Gasteiger partial charge in [0.15, 0.2) is 0 Å². The van der Waals surface area contributed by atoms with E-state index in [2.05, 4.69) is 11.1 Å². The highest BCUT2D eigenvalue weighted by molar-refractivity contribution is 5.61. The lowest BCUT2D eigenvalue weighted by molar-refractivity contribution is 0.0192. The molecule has 0 aliphatic rings. The Balaban J connectivity index is 2.46. The van der Waals surface area contributed by atoms with Crippen molar-refractivity contribution in [3.63, 3.8) is 0 Å². The van der Waals surface area contributed by atoms with Gasteiger partial charge in [0.25, 0.3) is 0 Å². The van der Waals surface area contributed by atoms with Gasteiger partial charge >= 0.3 is 0 Å². The molecule has 2 rings (SSSR count). The van der Waals surface area contributed by atoms with Crippen LogP contribution in [0.25, 0.3) is 11.3 Å². The van der Waals surface area contributed by atoms with Gasteiger partial charge in [0.2, 0.25) is 0 Å². The molecule has 0 unspecified atom stereocenters. The van der Waals surface area contributed by atoms with E-state index >= 15 is 0 Å². The summed E-state index contributed by atoms with van der Waals surface area (Å²) in [5.41, 5.74) is 2.60. The molecule has 1 aromatic heterocycles. The Labute approximate surface area is 126 Å². The summed E-state index contributed by atoms with van der Waals surface area (Å²) in [4.78, 5) is 4.42. The summed E-state index contributed by atoms with van der Waals surface area (Å²) in [5, 5.41) is 10.1. The normalized spacial score (nSPS) is 12.5. The van der Waals surface area contributed by atoms with Gasteiger partial charge in [-0.3, -0.25) is 4.98 Å². The number of ether oxygens (including phenoxy) is 1. The molecule has 0 bridgehead atoms. The number of rotatable bonds is 4. The minimum Gasteiger partial charge on any atom is -0.386 e. The van der Waals surface area contributed by atoms with Crippen LogP contribution < -0.4 is 0 Å². The Hall–Kier alpha value is -1.71. The summed E-state index contributed by atoms with van der Waals surface area (Å²) >= 11 is 0. The zero-order valence-corrected chi connectivity index (χ0v) is 13.3. The van der Waals surface area contributed by atoms with E-state index in [1.54, 1.807) is 27.2 Å². The molecule has 0 saturated heterocycles. The maximum Gasteiger partial charge on any atom is 0.0871 e. The van der Waals surface area contributed by atoms with E-state index in [4.69, 9.17) is 4.74 Å². The van der Waals surface area contributed by atoms with Crippen LogP contribution in [0.4, 0.5) is 0 Å². The maximum atomic E-state index is 10.1. The van der Waals surface area contributed by atoms with Crippen molar-refractivity contribution in [2.75, 3.05) is 7.11 Å². The van der Waals surface area contributed by atoms with Crippen LogP contribution in [0.3, 0.4) is 0 Å². The van der Waals surface area contributed by atoms with E-state index in [9.17, 15) is 5.11 Å². The molecule has 0 radical (unpaired) electrons. The van der Waals surface area contributed by atoms with E-state index in [1.165, 1.54) is 0 Å². The van der Waals surface area contributed by atoms with Crippen molar-refractivity contribution < 1.29 is 9.84 Å². The van der Waals surface area contributed by atoms with Gasteiger partial charge in [0, 0.05) is 18.9 Å². The topological polar surface area (TPSA) is 42.4 Å². The van der Waals surface area contributed by atoms with Crippen LogP contribution in [0.15, 0.2) is 42.6 Å². The van der Waals surface area contributed by atoms with Crippen LogP contribution in [-0.4, -0.2) is 17.2 Å². The minimum absolute atomic E-state index is 0.343. The standard InChI is InChI=1S/C18H23NO2/c1-17(2,20)14-9-10-19-16(12-14)13-7-6-8-15(11-13)18(3,4)21-5/h6-12,20H,1-5H3. The monoisotopic (exact) mass is 285 g/mol. The van der Waals surface area contributed by atoms with Crippen LogP contribution in [0, 0.1) is 0 Å². The number of aromatic nitrogens is 1. The van der Waals surface area contributed by atoms with Crippen LogP contribution in [0.2, 0.25) is 0 Å². The zero-order chi connectivity index (χ0) is 15.7. The molecule has 0 atom stereocenters. The van der Waals surface area contributed by atoms with Crippen LogP contribution in [-0.2, 0) is 15.9 Å². The first-order valence-electron chi connectivity index (χ1n) is 7.09. The molecule has 0 amide bonds. The first-order valence-corrected chi connectivity index (χ1v) is 7.09. The fourth-order valence-corrected chi connectivity index (χ4v) is 2.14. The Bertz CT molecular complexity index is 627. The molecule has 112 valence electrons. The lowest BCUT2D eigenvalue weighted by Gasteiger charge is -2.24. The summed E-state index contributed by atoms with van der Waals surface area (Å²) in [5.74, 6) is 0. The highest BCUT2D eigenvalue weighted by Gasteiger charge is 2.20. The van der Waals surface area contributed by atoms with Gasteiger partial charge in [0.05, 0.1) is 16.9 Å². The molecule has 3 nitrogen and oxygen atoms in total. The fourth-order valence-electron chi connectivity index (χ4n) is 2.14. The van der Waals surface area contributed by atoms with Gasteiger partial charge in [-0.15, -0.1) is 0 Å². The number of nitrogens with zero attached hydrogens (tertiary/aromatic N) is 1. The van der Waals surface area contributed by atoms with Crippen LogP contribution >= 0.6 is 0 Å². The summed E-state index contributed by atoms with van der Waals surface area (Å²) in [7, 11) is 1.71. The predicted molar refractivity (Wildman–Crippen MR) is 85.0 cm³/mol. The smallest absolute Gasteiger partial charge is 0.0871 e. The summed E-state index contributed by atoms with van der Waals surface area (Å²) in [6.07, 6.45) is 1.73.